The molecule has 0 aliphatic carbocycles. The van der Waals surface area contributed by atoms with E-state index >= 15 is 0 Å². The van der Waals surface area contributed by atoms with E-state index in [4.69, 9.17) is 9.15 Å². The number of alkyl carbamates (subject to hydrolysis) is 1. The second kappa shape index (κ2) is 9.06. The summed E-state index contributed by atoms with van der Waals surface area (Å²) >= 11 is 0. The van der Waals surface area contributed by atoms with Crippen LogP contribution in [0.25, 0.3) is 11.3 Å². The van der Waals surface area contributed by atoms with Gasteiger partial charge in [-0.1, -0.05) is 0 Å². The Hall–Kier alpha value is -3.56. The quantitative estimate of drug-likeness (QED) is 0.510. The first-order valence-electron chi connectivity index (χ1n) is 7.53. The third-order valence-corrected chi connectivity index (χ3v) is 3.23. The van der Waals surface area contributed by atoms with Gasteiger partial charge in [0.1, 0.15) is 5.75 Å². The molecule has 3 N–H and O–H groups in total. The molecule has 1 aromatic carbocycles. The van der Waals surface area contributed by atoms with Gasteiger partial charge in [0, 0.05) is 24.8 Å². The number of benzene rings is 1. The number of methoxy groups -OCH3 is 2. The topological polar surface area (TPSA) is 132 Å². The molecule has 0 saturated carbocycles. The smallest absolute Gasteiger partial charge is 0.406 e. The minimum Gasteiger partial charge on any atom is -0.496 e. The molecule has 0 spiro atoms. The highest BCUT2D eigenvalue weighted by atomic mass is 16.5. The van der Waals surface area contributed by atoms with Gasteiger partial charge in [0.2, 0.25) is 0 Å². The molecule has 2 aromatic rings. The summed E-state index contributed by atoms with van der Waals surface area (Å²) in [5.74, 6) is -0.731. The number of carbonyl (C=O) groups is 3. The Morgan fingerprint density at radius 2 is 1.88 bits per heavy atom. The van der Waals surface area contributed by atoms with Crippen molar-refractivity contribution in [3.63, 3.8) is 0 Å². The Labute approximate surface area is 148 Å². The molecule has 1 heterocycles. The van der Waals surface area contributed by atoms with Crippen molar-refractivity contribution in [3.8, 4) is 17.1 Å². The molecule has 2 rings (SSSR count). The predicted octanol–water partition coefficient (Wildman–Crippen LogP) is 0.761. The number of oxazole rings is 1. The van der Waals surface area contributed by atoms with E-state index in [0.717, 1.165) is 0 Å². The monoisotopic (exact) mass is 362 g/mol. The zero-order valence-electron chi connectivity index (χ0n) is 14.2. The van der Waals surface area contributed by atoms with Gasteiger partial charge in [-0.15, -0.1) is 0 Å². The molecule has 0 unspecified atom stereocenters. The van der Waals surface area contributed by atoms with Crippen LogP contribution in [0.1, 0.15) is 0 Å². The van der Waals surface area contributed by atoms with Gasteiger partial charge in [0.25, 0.3) is 0 Å². The van der Waals surface area contributed by atoms with E-state index in [1.165, 1.54) is 26.8 Å². The van der Waals surface area contributed by atoms with Crippen LogP contribution < -0.4 is 20.7 Å². The highest BCUT2D eigenvalue weighted by Gasteiger charge is 2.15. The van der Waals surface area contributed by atoms with Crippen LogP contribution >= 0.6 is 0 Å². The summed E-state index contributed by atoms with van der Waals surface area (Å²) in [5, 5.41) is 7.20. The lowest BCUT2D eigenvalue weighted by molar-refractivity contribution is -0.136. The Morgan fingerprint density at radius 1 is 1.12 bits per heavy atom. The normalized spacial score (nSPS) is 9.92. The van der Waals surface area contributed by atoms with E-state index in [2.05, 4.69) is 25.7 Å². The van der Waals surface area contributed by atoms with E-state index in [9.17, 15) is 14.4 Å². The second-order valence-electron chi connectivity index (χ2n) is 4.91. The van der Waals surface area contributed by atoms with Gasteiger partial charge in [-0.3, -0.25) is 9.59 Å². The van der Waals surface area contributed by atoms with Gasteiger partial charge in [-0.05, 0) is 12.1 Å². The van der Waals surface area contributed by atoms with E-state index in [1.54, 1.807) is 18.2 Å². The number of nitrogens with zero attached hydrogens (tertiary/aromatic N) is 1. The second-order valence-corrected chi connectivity index (χ2v) is 4.91. The molecule has 26 heavy (non-hydrogen) atoms. The highest BCUT2D eigenvalue weighted by Crippen LogP contribution is 2.32. The van der Waals surface area contributed by atoms with Crippen LogP contribution in [0.4, 0.5) is 10.5 Å². The largest absolute Gasteiger partial charge is 0.496 e. The molecule has 0 saturated heterocycles. The fourth-order valence-electron chi connectivity index (χ4n) is 2.00. The third kappa shape index (κ3) is 4.97. The van der Waals surface area contributed by atoms with Crippen molar-refractivity contribution >= 4 is 23.6 Å². The average Bonchev–Trinajstić information content (AvgIpc) is 3.19. The lowest BCUT2D eigenvalue weighted by atomic mass is 10.1. The maximum absolute atomic E-state index is 11.9. The summed E-state index contributed by atoms with van der Waals surface area (Å²) in [7, 11) is 2.70. The van der Waals surface area contributed by atoms with Crippen LogP contribution in [-0.4, -0.2) is 50.2 Å². The van der Waals surface area contributed by atoms with Crippen molar-refractivity contribution in [1.29, 1.82) is 0 Å². The van der Waals surface area contributed by atoms with Crippen LogP contribution in [0.3, 0.4) is 0 Å². The molecule has 0 bridgehead atoms. The molecule has 3 amide bonds. The number of carbonyl (C=O) groups excluding carboxylic acids is 3. The minimum absolute atomic E-state index is 0.0785. The zero-order chi connectivity index (χ0) is 18.9. The summed E-state index contributed by atoms with van der Waals surface area (Å²) in [6.07, 6.45) is 2.21. The first-order valence-corrected chi connectivity index (χ1v) is 7.53. The SMILES string of the molecule is COC(=O)NCCNC(=O)C(=O)Nc1ccc(-c2cnco2)c(OC)c1. The van der Waals surface area contributed by atoms with Crippen LogP contribution in [0.5, 0.6) is 5.75 Å². The molecular formula is C16H18N4O6. The van der Waals surface area contributed by atoms with E-state index in [-0.39, 0.29) is 13.1 Å². The number of nitrogens with one attached hydrogen (secondary N) is 3. The summed E-state index contributed by atoms with van der Waals surface area (Å²) in [6, 6.07) is 4.83. The van der Waals surface area contributed by atoms with Crippen molar-refractivity contribution in [2.24, 2.45) is 0 Å². The minimum atomic E-state index is -0.850. The van der Waals surface area contributed by atoms with E-state index in [0.29, 0.717) is 22.8 Å². The van der Waals surface area contributed by atoms with E-state index < -0.39 is 17.9 Å². The van der Waals surface area contributed by atoms with Gasteiger partial charge in [0.05, 0.1) is 26.0 Å². The van der Waals surface area contributed by atoms with Crippen molar-refractivity contribution in [2.75, 3.05) is 32.6 Å². The Morgan fingerprint density at radius 3 is 2.54 bits per heavy atom. The number of hydrogen-bond donors (Lipinski definition) is 3. The zero-order valence-corrected chi connectivity index (χ0v) is 14.2. The molecular weight excluding hydrogens is 344 g/mol. The summed E-state index contributed by atoms with van der Waals surface area (Å²) in [4.78, 5) is 38.4. The van der Waals surface area contributed by atoms with Gasteiger partial charge in [-0.25, -0.2) is 9.78 Å². The molecule has 0 aliphatic rings. The van der Waals surface area contributed by atoms with Crippen molar-refractivity contribution < 1.29 is 28.3 Å². The van der Waals surface area contributed by atoms with Crippen molar-refractivity contribution in [1.82, 2.24) is 15.6 Å². The standard InChI is InChI=1S/C16H18N4O6/c1-24-12-7-10(3-4-11(12)13-8-17-9-26-13)20-15(22)14(21)18-5-6-19-16(23)25-2/h3-4,7-9H,5-6H2,1-2H3,(H,18,21)(H,19,23)(H,20,22). The van der Waals surface area contributed by atoms with Gasteiger partial charge in [-0.2, -0.15) is 0 Å². The predicted molar refractivity (Wildman–Crippen MR) is 90.5 cm³/mol. The van der Waals surface area contributed by atoms with Crippen molar-refractivity contribution in [2.45, 2.75) is 0 Å². The lowest BCUT2D eigenvalue weighted by Crippen LogP contribution is -2.40. The summed E-state index contributed by atoms with van der Waals surface area (Å²) in [6.45, 7) is 0.209. The third-order valence-electron chi connectivity index (χ3n) is 3.23. The van der Waals surface area contributed by atoms with Gasteiger partial charge in [0.15, 0.2) is 12.2 Å². The molecule has 10 heteroatoms. The number of amides is 3. The molecule has 1 aromatic heterocycles. The van der Waals surface area contributed by atoms with E-state index in [1.807, 2.05) is 0 Å². The molecule has 10 nitrogen and oxygen atoms in total. The first-order chi connectivity index (χ1) is 12.5. The first kappa shape index (κ1) is 18.8. The maximum atomic E-state index is 11.9. The highest BCUT2D eigenvalue weighted by molar-refractivity contribution is 6.39. The number of anilines is 1. The van der Waals surface area contributed by atoms with Crippen LogP contribution in [-0.2, 0) is 14.3 Å². The Kier molecular flexibility index (Phi) is 6.54. The van der Waals surface area contributed by atoms with Crippen LogP contribution in [0.15, 0.2) is 35.2 Å². The maximum Gasteiger partial charge on any atom is 0.406 e. The Balaban J connectivity index is 1.92. The summed E-state index contributed by atoms with van der Waals surface area (Å²) < 4.78 is 14.9. The van der Waals surface area contributed by atoms with Crippen LogP contribution in [0, 0.1) is 0 Å². The fraction of sp³-hybridized carbons (Fsp3) is 0.250. The summed E-state index contributed by atoms with van der Waals surface area (Å²) in [5.41, 5.74) is 1.03. The van der Waals surface area contributed by atoms with Crippen molar-refractivity contribution in [3.05, 3.63) is 30.8 Å². The van der Waals surface area contributed by atoms with Gasteiger partial charge < -0.3 is 29.8 Å². The average molecular weight is 362 g/mol. The van der Waals surface area contributed by atoms with Gasteiger partial charge >= 0.3 is 17.9 Å². The molecule has 138 valence electrons. The molecule has 0 fully saturated rings. The lowest BCUT2D eigenvalue weighted by Gasteiger charge is -2.10. The molecule has 0 atom stereocenters. The molecule has 0 aliphatic heterocycles. The number of hydrogen-bond acceptors (Lipinski definition) is 7. The molecule has 0 radical (unpaired) electrons. The number of rotatable bonds is 6. The number of ether oxygens (including phenoxy) is 2. The fourth-order valence-corrected chi connectivity index (χ4v) is 2.00. The Bertz CT molecular complexity index is 775. The van der Waals surface area contributed by atoms with Crippen LogP contribution in [0.2, 0.25) is 0 Å². The number of aromatic nitrogens is 1.